The third kappa shape index (κ3) is 7.14. The van der Waals surface area contributed by atoms with Gasteiger partial charge in [0.15, 0.2) is 0 Å². The monoisotopic (exact) mass is 555 g/mol. The topological polar surface area (TPSA) is 86.8 Å². The molecule has 0 saturated carbocycles. The molecule has 0 aliphatic heterocycles. The largest absolute Gasteiger partial charge is 0.352 e. The van der Waals surface area contributed by atoms with E-state index in [1.165, 1.54) is 17.0 Å². The molecule has 0 saturated heterocycles. The number of sulfonamides is 1. The fourth-order valence-corrected chi connectivity index (χ4v) is 5.45. The highest BCUT2D eigenvalue weighted by Gasteiger charge is 2.33. The fraction of sp³-hybridized carbons (Fsp3) is 0.310. The van der Waals surface area contributed by atoms with E-state index in [2.05, 4.69) is 5.32 Å². The highest BCUT2D eigenvalue weighted by Crippen LogP contribution is 2.25. The minimum Gasteiger partial charge on any atom is -0.352 e. The molecule has 1 N–H and O–H groups in total. The lowest BCUT2D eigenvalue weighted by molar-refractivity contribution is -0.139. The van der Waals surface area contributed by atoms with E-state index >= 15 is 0 Å². The van der Waals surface area contributed by atoms with Crippen molar-refractivity contribution in [3.63, 3.8) is 0 Å². The molecule has 0 aromatic heterocycles. The summed E-state index contributed by atoms with van der Waals surface area (Å²) in [5.41, 5.74) is 1.95. The summed E-state index contributed by atoms with van der Waals surface area (Å²) in [4.78, 5) is 28.4. The van der Waals surface area contributed by atoms with Crippen LogP contribution in [0.15, 0.2) is 83.8 Å². The second kappa shape index (κ2) is 12.9. The second-order valence-corrected chi connectivity index (χ2v) is 11.5. The van der Waals surface area contributed by atoms with E-state index in [9.17, 15) is 18.0 Å². The summed E-state index contributed by atoms with van der Waals surface area (Å²) in [5.74, 6) is -0.857. The number of nitrogens with zero attached hydrogens (tertiary/aromatic N) is 2. The van der Waals surface area contributed by atoms with Gasteiger partial charge in [-0.2, -0.15) is 0 Å². The minimum absolute atomic E-state index is 0.0424. The second-order valence-electron chi connectivity index (χ2n) is 9.27. The number of amides is 2. The summed E-state index contributed by atoms with van der Waals surface area (Å²) in [6, 6.07) is 21.0. The van der Waals surface area contributed by atoms with Gasteiger partial charge in [-0.1, -0.05) is 72.6 Å². The predicted octanol–water partition coefficient (Wildman–Crippen LogP) is 5.18. The van der Waals surface area contributed by atoms with Gasteiger partial charge in [0.05, 0.1) is 10.6 Å². The Morgan fingerprint density at radius 2 is 1.53 bits per heavy atom. The third-order valence-electron chi connectivity index (χ3n) is 6.40. The Bertz CT molecular complexity index is 1350. The molecule has 3 aromatic carbocycles. The summed E-state index contributed by atoms with van der Waals surface area (Å²) >= 11 is 6.39. The van der Waals surface area contributed by atoms with Gasteiger partial charge in [0.1, 0.15) is 12.6 Å². The summed E-state index contributed by atoms with van der Waals surface area (Å²) in [5, 5.41) is 3.37. The van der Waals surface area contributed by atoms with Gasteiger partial charge in [0, 0.05) is 17.6 Å². The van der Waals surface area contributed by atoms with Crippen LogP contribution in [0.5, 0.6) is 0 Å². The van der Waals surface area contributed by atoms with Gasteiger partial charge in [-0.3, -0.25) is 13.9 Å². The predicted molar refractivity (Wildman–Crippen MR) is 152 cm³/mol. The van der Waals surface area contributed by atoms with E-state index in [-0.39, 0.29) is 23.4 Å². The van der Waals surface area contributed by atoms with Crippen LogP contribution in [0.2, 0.25) is 5.02 Å². The van der Waals surface area contributed by atoms with Gasteiger partial charge in [-0.15, -0.1) is 0 Å². The number of benzene rings is 3. The smallest absolute Gasteiger partial charge is 0.264 e. The molecule has 0 fully saturated rings. The molecule has 202 valence electrons. The maximum atomic E-state index is 13.9. The lowest BCUT2D eigenvalue weighted by atomic mass is 10.1. The van der Waals surface area contributed by atoms with E-state index in [0.717, 1.165) is 16.3 Å². The number of rotatable bonds is 11. The Balaban J connectivity index is 2.02. The molecule has 0 radical (unpaired) electrons. The van der Waals surface area contributed by atoms with Crippen LogP contribution < -0.4 is 9.62 Å². The molecule has 3 rings (SSSR count). The van der Waals surface area contributed by atoms with Crippen LogP contribution in [-0.4, -0.2) is 43.8 Å². The Kier molecular flexibility index (Phi) is 9.94. The van der Waals surface area contributed by atoms with Crippen LogP contribution >= 0.6 is 11.6 Å². The van der Waals surface area contributed by atoms with Crippen molar-refractivity contribution in [2.45, 2.75) is 57.6 Å². The van der Waals surface area contributed by atoms with Crippen molar-refractivity contribution in [2.75, 3.05) is 10.8 Å². The molecular weight excluding hydrogens is 522 g/mol. The minimum atomic E-state index is -4.09. The third-order valence-corrected chi connectivity index (χ3v) is 8.56. The van der Waals surface area contributed by atoms with Crippen molar-refractivity contribution in [1.29, 1.82) is 0 Å². The number of hydrogen-bond acceptors (Lipinski definition) is 4. The highest BCUT2D eigenvalue weighted by molar-refractivity contribution is 7.92. The molecule has 7 nitrogen and oxygen atoms in total. The van der Waals surface area contributed by atoms with Crippen molar-refractivity contribution in [1.82, 2.24) is 10.2 Å². The molecule has 0 unspecified atom stereocenters. The first-order valence-electron chi connectivity index (χ1n) is 12.5. The Morgan fingerprint density at radius 1 is 0.921 bits per heavy atom. The maximum absolute atomic E-state index is 13.9. The normalized spacial score (nSPS) is 12.9. The molecule has 2 amide bonds. The molecule has 0 aliphatic rings. The number of halogens is 1. The van der Waals surface area contributed by atoms with E-state index in [1.807, 2.05) is 20.8 Å². The molecule has 0 bridgehead atoms. The molecule has 0 spiro atoms. The van der Waals surface area contributed by atoms with Gasteiger partial charge in [-0.25, -0.2) is 8.42 Å². The van der Waals surface area contributed by atoms with E-state index in [4.69, 9.17) is 11.6 Å². The molecule has 9 heteroatoms. The average Bonchev–Trinajstić information content (AvgIpc) is 2.91. The van der Waals surface area contributed by atoms with E-state index in [1.54, 1.807) is 73.7 Å². The maximum Gasteiger partial charge on any atom is 0.264 e. The Morgan fingerprint density at radius 3 is 2.13 bits per heavy atom. The Hall–Kier alpha value is -3.36. The lowest BCUT2D eigenvalue weighted by Crippen LogP contribution is -2.52. The molecule has 2 atom stereocenters. The number of carbonyl (C=O) groups is 2. The summed E-state index contributed by atoms with van der Waals surface area (Å²) < 4.78 is 28.5. The van der Waals surface area contributed by atoms with E-state index < -0.39 is 28.5 Å². The molecular formula is C29H34ClN3O4S. The zero-order chi connectivity index (χ0) is 27.9. The number of anilines is 1. The van der Waals surface area contributed by atoms with Crippen molar-refractivity contribution in [3.8, 4) is 0 Å². The van der Waals surface area contributed by atoms with Crippen LogP contribution in [0.4, 0.5) is 5.69 Å². The van der Waals surface area contributed by atoms with Crippen molar-refractivity contribution >= 4 is 39.1 Å². The summed E-state index contributed by atoms with van der Waals surface area (Å²) in [6.07, 6.45) is 0.730. The van der Waals surface area contributed by atoms with Gasteiger partial charge in [-0.05, 0) is 63.1 Å². The van der Waals surface area contributed by atoms with Gasteiger partial charge in [0.25, 0.3) is 10.0 Å². The van der Waals surface area contributed by atoms with Gasteiger partial charge in [0.2, 0.25) is 11.8 Å². The average molecular weight is 556 g/mol. The van der Waals surface area contributed by atoms with Crippen LogP contribution in [0.1, 0.15) is 38.3 Å². The summed E-state index contributed by atoms with van der Waals surface area (Å²) in [6.45, 7) is 6.92. The van der Waals surface area contributed by atoms with Crippen LogP contribution in [0, 0.1) is 6.92 Å². The zero-order valence-electron chi connectivity index (χ0n) is 22.1. The quantitative estimate of drug-likeness (QED) is 0.353. The van der Waals surface area contributed by atoms with Gasteiger partial charge < -0.3 is 10.2 Å². The zero-order valence-corrected chi connectivity index (χ0v) is 23.7. The number of hydrogen-bond donors (Lipinski definition) is 1. The first-order chi connectivity index (χ1) is 18.0. The van der Waals surface area contributed by atoms with Crippen molar-refractivity contribution in [2.24, 2.45) is 0 Å². The number of carbonyl (C=O) groups excluding carboxylic acids is 2. The molecule has 0 heterocycles. The molecule has 38 heavy (non-hydrogen) atoms. The standard InChI is InChI=1S/C29H34ClN3O4S/c1-5-22(3)31-29(35)23(4)32(19-24-11-9-10-14-27(24)30)28(34)20-33(25-17-15-21(2)16-18-25)38(36,37)26-12-7-6-8-13-26/h6-18,22-23H,5,19-20H2,1-4H3,(H,31,35)/t22-,23+/m1/s1. The van der Waals surface area contributed by atoms with Crippen LogP contribution in [0.3, 0.4) is 0 Å². The highest BCUT2D eigenvalue weighted by atomic mass is 35.5. The van der Waals surface area contributed by atoms with Crippen molar-refractivity contribution < 1.29 is 18.0 Å². The number of nitrogens with one attached hydrogen (secondary N) is 1. The number of aryl methyl sites for hydroxylation is 1. The first-order valence-corrected chi connectivity index (χ1v) is 14.3. The van der Waals surface area contributed by atoms with Crippen molar-refractivity contribution in [3.05, 3.63) is 95.0 Å². The van der Waals surface area contributed by atoms with Gasteiger partial charge >= 0.3 is 0 Å². The first kappa shape index (κ1) is 29.2. The van der Waals surface area contributed by atoms with Crippen LogP contribution in [-0.2, 0) is 26.2 Å². The van der Waals surface area contributed by atoms with E-state index in [0.29, 0.717) is 16.3 Å². The molecule has 3 aromatic rings. The fourth-order valence-electron chi connectivity index (χ4n) is 3.82. The van der Waals surface area contributed by atoms with Crippen LogP contribution in [0.25, 0.3) is 0 Å². The SMILES string of the molecule is CC[C@@H](C)NC(=O)[C@H](C)N(Cc1ccccc1Cl)C(=O)CN(c1ccc(C)cc1)S(=O)(=O)c1ccccc1. The molecule has 0 aliphatic carbocycles. The Labute approximate surface area is 230 Å². The summed E-state index contributed by atoms with van der Waals surface area (Å²) in [7, 11) is -4.09. The lowest BCUT2D eigenvalue weighted by Gasteiger charge is -2.32.